The number of piperidine rings is 1. The summed E-state index contributed by atoms with van der Waals surface area (Å²) in [7, 11) is 2.05. The van der Waals surface area contributed by atoms with Gasteiger partial charge in [0.25, 0.3) is 11.8 Å². The number of rotatable bonds is 13. The Balaban J connectivity index is 0.918. The van der Waals surface area contributed by atoms with Gasteiger partial charge in [0.1, 0.15) is 6.10 Å². The molecule has 0 aromatic heterocycles. The van der Waals surface area contributed by atoms with Crippen LogP contribution in [0.15, 0.2) is 78.9 Å². The topological polar surface area (TPSA) is 82.2 Å². The van der Waals surface area contributed by atoms with Crippen molar-refractivity contribution in [3.05, 3.63) is 90.0 Å². The largest absolute Gasteiger partial charge is 0.446 e. The summed E-state index contributed by atoms with van der Waals surface area (Å²) in [5.41, 5.74) is 3.81. The highest BCUT2D eigenvalue weighted by molar-refractivity contribution is 6.21. The quantitative estimate of drug-likeness (QED) is 0.192. The number of likely N-dealkylation sites (N-methyl/N-ethyl adjacent to an activating group) is 1. The molecule has 0 atom stereocenters. The maximum Gasteiger partial charge on any atom is 0.411 e. The molecule has 3 aromatic rings. The fourth-order valence-electron chi connectivity index (χ4n) is 5.90. The molecule has 0 spiro atoms. The van der Waals surface area contributed by atoms with Gasteiger partial charge < -0.3 is 14.5 Å². The van der Waals surface area contributed by atoms with Crippen molar-refractivity contribution in [2.75, 3.05) is 51.6 Å². The molecule has 0 saturated carbocycles. The third-order valence-electron chi connectivity index (χ3n) is 8.40. The first kappa shape index (κ1) is 30.4. The molecule has 43 heavy (non-hydrogen) atoms. The van der Waals surface area contributed by atoms with Crippen LogP contribution in [0.25, 0.3) is 11.1 Å². The Hall–Kier alpha value is -4.01. The lowest BCUT2D eigenvalue weighted by molar-refractivity contribution is 0.0584. The molecule has 0 radical (unpaired) electrons. The van der Waals surface area contributed by atoms with Crippen molar-refractivity contribution >= 4 is 23.6 Å². The van der Waals surface area contributed by atoms with E-state index in [0.717, 1.165) is 75.1 Å². The van der Waals surface area contributed by atoms with Gasteiger partial charge in [0.15, 0.2) is 0 Å². The number of amides is 3. The van der Waals surface area contributed by atoms with E-state index in [1.54, 1.807) is 24.3 Å². The number of likely N-dealkylation sites (tertiary alicyclic amines) is 1. The van der Waals surface area contributed by atoms with Gasteiger partial charge in [-0.15, -0.1) is 0 Å². The van der Waals surface area contributed by atoms with Gasteiger partial charge in [0.05, 0.1) is 16.8 Å². The molecule has 8 nitrogen and oxygen atoms in total. The van der Waals surface area contributed by atoms with E-state index in [0.29, 0.717) is 24.2 Å². The zero-order chi connectivity index (χ0) is 30.0. The van der Waals surface area contributed by atoms with Crippen molar-refractivity contribution in [1.29, 1.82) is 0 Å². The molecule has 0 bridgehead atoms. The molecular formula is C35H42N4O4. The normalized spacial score (nSPS) is 15.6. The molecule has 5 rings (SSSR count). The minimum absolute atomic E-state index is 0.0593. The smallest absolute Gasteiger partial charge is 0.411 e. The van der Waals surface area contributed by atoms with Crippen LogP contribution in [0.4, 0.5) is 10.5 Å². The molecule has 8 heteroatoms. The molecule has 0 unspecified atom stereocenters. The van der Waals surface area contributed by atoms with Crippen LogP contribution in [0.2, 0.25) is 0 Å². The summed E-state index contributed by atoms with van der Waals surface area (Å²) in [6.07, 6.45) is 5.83. The van der Waals surface area contributed by atoms with Crippen molar-refractivity contribution in [1.82, 2.24) is 14.7 Å². The van der Waals surface area contributed by atoms with Gasteiger partial charge in [-0.25, -0.2) is 4.79 Å². The van der Waals surface area contributed by atoms with Crippen LogP contribution in [-0.4, -0.2) is 85.0 Å². The van der Waals surface area contributed by atoms with Crippen LogP contribution in [0.1, 0.15) is 59.2 Å². The van der Waals surface area contributed by atoms with Crippen molar-refractivity contribution in [2.24, 2.45) is 0 Å². The first-order valence-electron chi connectivity index (χ1n) is 15.5. The zero-order valence-corrected chi connectivity index (χ0v) is 25.0. The summed E-state index contributed by atoms with van der Waals surface area (Å²) in [4.78, 5) is 43.8. The van der Waals surface area contributed by atoms with Crippen molar-refractivity contribution in [3.8, 4) is 11.1 Å². The maximum absolute atomic E-state index is 12.7. The number of anilines is 1. The second-order valence-corrected chi connectivity index (χ2v) is 11.5. The number of nitrogens with one attached hydrogen (secondary N) is 1. The predicted octanol–water partition coefficient (Wildman–Crippen LogP) is 6.15. The molecule has 1 fully saturated rings. The molecule has 2 aliphatic heterocycles. The van der Waals surface area contributed by atoms with Gasteiger partial charge >= 0.3 is 6.09 Å². The molecule has 1 N–H and O–H groups in total. The van der Waals surface area contributed by atoms with Gasteiger partial charge in [-0.3, -0.25) is 19.8 Å². The fraction of sp³-hybridized carbons (Fsp3) is 0.400. The Morgan fingerprint density at radius 3 is 2.07 bits per heavy atom. The number of ether oxygens (including phenoxy) is 1. The first-order valence-corrected chi connectivity index (χ1v) is 15.5. The minimum atomic E-state index is -0.393. The number of unbranched alkanes of at least 4 members (excludes halogenated alkanes) is 3. The second-order valence-electron chi connectivity index (χ2n) is 11.5. The summed E-state index contributed by atoms with van der Waals surface area (Å²) in [5, 5.41) is 2.95. The summed E-state index contributed by atoms with van der Waals surface area (Å²) in [6.45, 7) is 5.01. The Bertz CT molecular complexity index is 1350. The number of hydrogen-bond donors (Lipinski definition) is 1. The van der Waals surface area contributed by atoms with E-state index < -0.39 is 6.09 Å². The fourth-order valence-corrected chi connectivity index (χ4v) is 5.90. The van der Waals surface area contributed by atoms with Gasteiger partial charge in [0.2, 0.25) is 0 Å². The number of fused-ring (bicyclic) bond motifs is 1. The number of para-hydroxylation sites is 1. The van der Waals surface area contributed by atoms with Gasteiger partial charge in [-0.1, -0.05) is 73.5 Å². The number of imide groups is 1. The number of nitrogens with zero attached hydrogens (tertiary/aromatic N) is 3. The van der Waals surface area contributed by atoms with Crippen molar-refractivity contribution in [3.63, 3.8) is 0 Å². The van der Waals surface area contributed by atoms with E-state index in [2.05, 4.69) is 15.1 Å². The van der Waals surface area contributed by atoms with Crippen LogP contribution in [-0.2, 0) is 4.74 Å². The van der Waals surface area contributed by atoms with Gasteiger partial charge in [-0.05, 0) is 69.6 Å². The molecule has 3 aromatic carbocycles. The first-order chi connectivity index (χ1) is 21.0. The average Bonchev–Trinajstić information content (AvgIpc) is 3.28. The average molecular weight is 583 g/mol. The van der Waals surface area contributed by atoms with E-state index in [-0.39, 0.29) is 17.9 Å². The molecule has 0 aliphatic carbocycles. The van der Waals surface area contributed by atoms with Crippen molar-refractivity contribution < 1.29 is 19.1 Å². The molecule has 1 saturated heterocycles. The lowest BCUT2D eigenvalue weighted by atomic mass is 10.0. The van der Waals surface area contributed by atoms with E-state index in [4.69, 9.17) is 4.74 Å². The highest BCUT2D eigenvalue weighted by atomic mass is 16.6. The second kappa shape index (κ2) is 14.9. The monoisotopic (exact) mass is 582 g/mol. The highest BCUT2D eigenvalue weighted by Gasteiger charge is 2.34. The summed E-state index contributed by atoms with van der Waals surface area (Å²) in [6, 6.07) is 24.9. The minimum Gasteiger partial charge on any atom is -0.446 e. The van der Waals surface area contributed by atoms with Gasteiger partial charge in [-0.2, -0.15) is 0 Å². The van der Waals surface area contributed by atoms with Gasteiger partial charge in [0, 0.05) is 31.7 Å². The Kier molecular flexibility index (Phi) is 10.6. The standard InChI is InChI=1S/C35H42N4O4/c1-37(25-26-39-33(40)30-16-7-8-17-31(30)34(39)41)21-11-2-3-12-22-38-23-19-28(20-24-38)43-35(42)36-32-18-10-9-15-29(32)27-13-5-4-6-14-27/h4-10,13-18,28H,2-3,11-12,19-26H2,1H3,(H,36,42). The lowest BCUT2D eigenvalue weighted by Gasteiger charge is -2.31. The molecule has 3 amide bonds. The Morgan fingerprint density at radius 2 is 1.37 bits per heavy atom. The summed E-state index contributed by atoms with van der Waals surface area (Å²) < 4.78 is 5.77. The third kappa shape index (κ3) is 8.09. The maximum atomic E-state index is 12.7. The third-order valence-corrected chi connectivity index (χ3v) is 8.40. The van der Waals surface area contributed by atoms with Crippen LogP contribution in [0, 0.1) is 0 Å². The van der Waals surface area contributed by atoms with Crippen LogP contribution < -0.4 is 5.32 Å². The van der Waals surface area contributed by atoms with Crippen LogP contribution in [0.3, 0.4) is 0 Å². The Labute approximate surface area is 254 Å². The lowest BCUT2D eigenvalue weighted by Crippen LogP contribution is -2.38. The molecule has 2 heterocycles. The molecule has 2 aliphatic rings. The summed E-state index contributed by atoms with van der Waals surface area (Å²) >= 11 is 0. The van der Waals surface area contributed by atoms with E-state index in [1.165, 1.54) is 11.3 Å². The van der Waals surface area contributed by atoms with Crippen LogP contribution >= 0.6 is 0 Å². The number of carbonyl (C=O) groups excluding carboxylic acids is 3. The summed E-state index contributed by atoms with van der Waals surface area (Å²) in [5.74, 6) is -0.366. The Morgan fingerprint density at radius 1 is 0.767 bits per heavy atom. The highest BCUT2D eigenvalue weighted by Crippen LogP contribution is 2.28. The van der Waals surface area contributed by atoms with Crippen LogP contribution in [0.5, 0.6) is 0 Å². The molecule has 226 valence electrons. The number of hydrogen-bond acceptors (Lipinski definition) is 6. The van der Waals surface area contributed by atoms with E-state index in [9.17, 15) is 14.4 Å². The zero-order valence-electron chi connectivity index (χ0n) is 25.0. The molecular weight excluding hydrogens is 540 g/mol. The number of benzene rings is 3. The SMILES string of the molecule is CN(CCCCCCN1CCC(OC(=O)Nc2ccccc2-c2ccccc2)CC1)CCN1C(=O)c2ccccc2C1=O. The van der Waals surface area contributed by atoms with E-state index >= 15 is 0 Å². The van der Waals surface area contributed by atoms with E-state index in [1.807, 2.05) is 61.6 Å². The number of carbonyl (C=O) groups is 3. The predicted molar refractivity (Wildman–Crippen MR) is 169 cm³/mol. The van der Waals surface area contributed by atoms with Crippen molar-refractivity contribution in [2.45, 2.75) is 44.6 Å².